The third kappa shape index (κ3) is 3.78. The molecule has 2 aromatic rings. The van der Waals surface area contributed by atoms with Crippen LogP contribution in [0.1, 0.15) is 0 Å². The van der Waals surface area contributed by atoms with Gasteiger partial charge in [-0.3, -0.25) is 4.72 Å². The van der Waals surface area contributed by atoms with Gasteiger partial charge in [0.05, 0.1) is 15.7 Å². The normalized spacial score (nSPS) is 12.2. The minimum atomic E-state index is -4.68. The van der Waals surface area contributed by atoms with Crippen molar-refractivity contribution in [2.45, 2.75) is 9.79 Å². The van der Waals surface area contributed by atoms with Crippen LogP contribution in [0.25, 0.3) is 0 Å². The maximum Gasteiger partial charge on any atom is 0.263 e. The number of hydrogen-bond donors (Lipinski definition) is 2. The molecule has 0 saturated carbocycles. The van der Waals surface area contributed by atoms with Gasteiger partial charge in [0.1, 0.15) is 21.4 Å². The average molecular weight is 417 g/mol. The smallest absolute Gasteiger partial charge is 0.263 e. The second kappa shape index (κ2) is 6.45. The molecule has 0 radical (unpaired) electrons. The van der Waals surface area contributed by atoms with E-state index in [-0.39, 0.29) is 16.1 Å². The first-order valence-corrected chi connectivity index (χ1v) is 9.70. The summed E-state index contributed by atoms with van der Waals surface area (Å²) in [6, 6.07) is 4.39. The van der Waals surface area contributed by atoms with Gasteiger partial charge in [0.25, 0.3) is 10.0 Å². The highest BCUT2D eigenvalue weighted by Crippen LogP contribution is 2.32. The Morgan fingerprint density at radius 2 is 1.67 bits per heavy atom. The van der Waals surface area contributed by atoms with E-state index in [4.69, 9.17) is 28.3 Å². The van der Waals surface area contributed by atoms with E-state index in [1.807, 2.05) is 0 Å². The molecule has 2 aromatic carbocycles. The molecule has 0 fully saturated rings. The molecule has 2 rings (SSSR count). The van der Waals surface area contributed by atoms with Gasteiger partial charge in [0.2, 0.25) is 10.0 Å². The summed E-state index contributed by atoms with van der Waals surface area (Å²) in [5.41, 5.74) is -0.897. The Morgan fingerprint density at radius 1 is 1.04 bits per heavy atom. The van der Waals surface area contributed by atoms with Crippen LogP contribution in [0.4, 0.5) is 14.5 Å². The number of primary sulfonamides is 1. The lowest BCUT2D eigenvalue weighted by Crippen LogP contribution is -2.20. The highest BCUT2D eigenvalue weighted by atomic mass is 35.5. The first-order valence-electron chi connectivity index (χ1n) is 5.92. The fourth-order valence-electron chi connectivity index (χ4n) is 1.82. The molecule has 0 spiro atoms. The molecule has 0 aromatic heterocycles. The Morgan fingerprint density at radius 3 is 2.25 bits per heavy atom. The maximum atomic E-state index is 13.7. The van der Waals surface area contributed by atoms with Crippen molar-refractivity contribution in [2.75, 3.05) is 4.72 Å². The maximum absolute atomic E-state index is 13.7. The number of hydrogen-bond acceptors (Lipinski definition) is 4. The van der Waals surface area contributed by atoms with Crippen molar-refractivity contribution in [3.05, 3.63) is 52.0 Å². The van der Waals surface area contributed by atoms with Crippen molar-refractivity contribution in [1.82, 2.24) is 0 Å². The predicted octanol–water partition coefficient (Wildman–Crippen LogP) is 2.72. The molecule has 6 nitrogen and oxygen atoms in total. The lowest BCUT2D eigenvalue weighted by Gasteiger charge is -2.13. The van der Waals surface area contributed by atoms with Crippen LogP contribution in [0.3, 0.4) is 0 Å². The minimum Gasteiger partial charge on any atom is -0.278 e. The number of nitrogens with one attached hydrogen (secondary N) is 1. The fraction of sp³-hybridized carbons (Fsp3) is 0. The van der Waals surface area contributed by atoms with Crippen molar-refractivity contribution < 1.29 is 25.6 Å². The van der Waals surface area contributed by atoms with Crippen LogP contribution in [0.15, 0.2) is 40.1 Å². The molecule has 3 N–H and O–H groups in total. The lowest BCUT2D eigenvalue weighted by atomic mass is 10.3. The zero-order valence-corrected chi connectivity index (χ0v) is 14.6. The summed E-state index contributed by atoms with van der Waals surface area (Å²) in [6.07, 6.45) is 0. The van der Waals surface area contributed by atoms with Crippen LogP contribution < -0.4 is 9.86 Å². The summed E-state index contributed by atoms with van der Waals surface area (Å²) in [5, 5.41) is 4.41. The van der Waals surface area contributed by atoms with E-state index >= 15 is 0 Å². The van der Waals surface area contributed by atoms with E-state index in [2.05, 4.69) is 0 Å². The SMILES string of the molecule is NS(=O)(=O)c1c(F)cc(F)cc1NS(=O)(=O)c1cccc(Cl)c1Cl. The van der Waals surface area contributed by atoms with Gasteiger partial charge in [-0.1, -0.05) is 29.3 Å². The molecular formula is C12H8Cl2F2N2O4S2. The van der Waals surface area contributed by atoms with Gasteiger partial charge in [0.15, 0.2) is 0 Å². The standard InChI is InChI=1S/C12H8Cl2F2N2O4S2/c13-7-2-1-3-10(11(7)14)24(21,22)18-9-5-6(15)4-8(16)12(9)23(17,19)20/h1-5,18H,(H2,17,19,20). The number of halogens is 4. The third-order valence-electron chi connectivity index (χ3n) is 2.74. The number of benzene rings is 2. The summed E-state index contributed by atoms with van der Waals surface area (Å²) in [7, 11) is -9.18. The topological polar surface area (TPSA) is 106 Å². The van der Waals surface area contributed by atoms with Gasteiger partial charge >= 0.3 is 0 Å². The Kier molecular flexibility index (Phi) is 5.07. The Hall–Kier alpha value is -1.46. The summed E-state index contributed by atoms with van der Waals surface area (Å²) >= 11 is 11.5. The molecular weight excluding hydrogens is 409 g/mol. The van der Waals surface area contributed by atoms with Gasteiger partial charge in [0, 0.05) is 6.07 Å². The monoisotopic (exact) mass is 416 g/mol. The van der Waals surface area contributed by atoms with Crippen LogP contribution in [0.5, 0.6) is 0 Å². The quantitative estimate of drug-likeness (QED) is 0.798. The largest absolute Gasteiger partial charge is 0.278 e. The molecule has 0 bridgehead atoms. The molecule has 0 aliphatic rings. The molecule has 0 aliphatic carbocycles. The van der Waals surface area contributed by atoms with Crippen LogP contribution in [-0.2, 0) is 20.0 Å². The third-order valence-corrected chi connectivity index (χ3v) is 6.07. The van der Waals surface area contributed by atoms with E-state index in [0.29, 0.717) is 6.07 Å². The molecule has 12 heteroatoms. The number of rotatable bonds is 4. The molecule has 130 valence electrons. The molecule has 0 atom stereocenters. The van der Waals surface area contributed by atoms with Gasteiger partial charge in [-0.05, 0) is 18.2 Å². The second-order valence-electron chi connectivity index (χ2n) is 4.47. The van der Waals surface area contributed by atoms with Gasteiger partial charge in [-0.15, -0.1) is 0 Å². The first kappa shape index (κ1) is 18.9. The van der Waals surface area contributed by atoms with Crippen LogP contribution in [0, 0.1) is 11.6 Å². The van der Waals surface area contributed by atoms with E-state index in [0.717, 1.165) is 6.07 Å². The fourth-order valence-corrected chi connectivity index (χ4v) is 4.45. The Labute approximate surface area is 146 Å². The van der Waals surface area contributed by atoms with E-state index < -0.39 is 47.2 Å². The molecule has 0 aliphatic heterocycles. The highest BCUT2D eigenvalue weighted by Gasteiger charge is 2.26. The van der Waals surface area contributed by atoms with E-state index in [1.165, 1.54) is 12.1 Å². The van der Waals surface area contributed by atoms with Gasteiger partial charge < -0.3 is 0 Å². The summed E-state index contributed by atoms with van der Waals surface area (Å²) < 4.78 is 76.5. The van der Waals surface area contributed by atoms with Gasteiger partial charge in [-0.2, -0.15) is 0 Å². The molecule has 0 heterocycles. The number of sulfonamides is 2. The minimum absolute atomic E-state index is 0.0864. The number of anilines is 1. The van der Waals surface area contributed by atoms with Crippen LogP contribution >= 0.6 is 23.2 Å². The molecule has 24 heavy (non-hydrogen) atoms. The average Bonchev–Trinajstić information content (AvgIpc) is 2.38. The summed E-state index contributed by atoms with van der Waals surface area (Å²) in [5.74, 6) is -2.76. The van der Waals surface area contributed by atoms with Crippen molar-refractivity contribution in [3.8, 4) is 0 Å². The molecule has 0 amide bonds. The zero-order valence-electron chi connectivity index (χ0n) is 11.4. The van der Waals surface area contributed by atoms with Crippen LogP contribution in [0.2, 0.25) is 10.0 Å². The van der Waals surface area contributed by atoms with E-state index in [1.54, 1.807) is 4.72 Å². The van der Waals surface area contributed by atoms with E-state index in [9.17, 15) is 25.6 Å². The number of nitrogens with two attached hydrogens (primary N) is 1. The zero-order chi connectivity index (χ0) is 18.3. The van der Waals surface area contributed by atoms with Crippen molar-refractivity contribution in [1.29, 1.82) is 0 Å². The summed E-state index contributed by atoms with van der Waals surface area (Å²) in [4.78, 5) is -1.72. The summed E-state index contributed by atoms with van der Waals surface area (Å²) in [6.45, 7) is 0. The second-order valence-corrected chi connectivity index (χ2v) is 8.40. The molecule has 0 unspecified atom stereocenters. The lowest BCUT2D eigenvalue weighted by molar-refractivity contribution is 0.551. The van der Waals surface area contributed by atoms with Crippen molar-refractivity contribution in [2.24, 2.45) is 5.14 Å². The highest BCUT2D eigenvalue weighted by molar-refractivity contribution is 7.93. The van der Waals surface area contributed by atoms with Crippen molar-refractivity contribution in [3.63, 3.8) is 0 Å². The van der Waals surface area contributed by atoms with Crippen molar-refractivity contribution >= 4 is 48.9 Å². The first-order chi connectivity index (χ1) is 10.9. The Balaban J connectivity index is 2.65. The van der Waals surface area contributed by atoms with Crippen LogP contribution in [-0.4, -0.2) is 16.8 Å². The predicted molar refractivity (Wildman–Crippen MR) is 85.0 cm³/mol. The molecule has 0 saturated heterocycles. The Bertz CT molecular complexity index is 1030. The van der Waals surface area contributed by atoms with Gasteiger partial charge in [-0.25, -0.2) is 30.8 Å².